The predicted octanol–water partition coefficient (Wildman–Crippen LogP) is 1.26. The Labute approximate surface area is 97.7 Å². The minimum absolute atomic E-state index is 0.523. The van der Waals surface area contributed by atoms with Gasteiger partial charge in [-0.2, -0.15) is 0 Å². The Bertz CT molecular complexity index is 332. The third-order valence-corrected chi connectivity index (χ3v) is 3.20. The van der Waals surface area contributed by atoms with Crippen molar-refractivity contribution in [3.63, 3.8) is 0 Å². The highest BCUT2D eigenvalue weighted by molar-refractivity contribution is 5.01. The van der Waals surface area contributed by atoms with E-state index in [9.17, 15) is 0 Å². The number of hydrogen-bond acceptors (Lipinski definition) is 3. The predicted molar refractivity (Wildman–Crippen MR) is 65.4 cm³/mol. The van der Waals surface area contributed by atoms with E-state index in [1.165, 1.54) is 18.7 Å². The van der Waals surface area contributed by atoms with Crippen LogP contribution < -0.4 is 5.32 Å². The van der Waals surface area contributed by atoms with Crippen molar-refractivity contribution >= 4 is 0 Å². The van der Waals surface area contributed by atoms with Crippen LogP contribution in [0.2, 0.25) is 0 Å². The maximum atomic E-state index is 4.27. The first-order chi connectivity index (χ1) is 7.66. The molecule has 0 bridgehead atoms. The van der Waals surface area contributed by atoms with E-state index in [0.29, 0.717) is 12.1 Å². The topological polar surface area (TPSA) is 33.1 Å². The fourth-order valence-electron chi connectivity index (χ4n) is 2.25. The van der Waals surface area contributed by atoms with Gasteiger partial charge in [-0.1, -0.05) is 13.8 Å². The lowest BCUT2D eigenvalue weighted by Crippen LogP contribution is -2.25. The van der Waals surface area contributed by atoms with Crippen molar-refractivity contribution in [3.8, 4) is 0 Å². The summed E-state index contributed by atoms with van der Waals surface area (Å²) in [6.45, 7) is 7.59. The molecule has 1 atom stereocenters. The molecule has 4 nitrogen and oxygen atoms in total. The molecule has 0 radical (unpaired) electrons. The van der Waals surface area contributed by atoms with Gasteiger partial charge in [0.25, 0.3) is 0 Å². The zero-order chi connectivity index (χ0) is 11.5. The summed E-state index contributed by atoms with van der Waals surface area (Å²) in [4.78, 5) is 6.65. The maximum absolute atomic E-state index is 4.27. The number of hydrogen-bond donors (Lipinski definition) is 1. The van der Waals surface area contributed by atoms with E-state index in [0.717, 1.165) is 13.1 Å². The molecule has 90 valence electrons. The standard InChI is InChI=1S/C12H22N4/c1-10(2)14-7-12-6-13-9-16(12)11-4-5-15(3)8-11/h6,9-11,14H,4-5,7-8H2,1-3H3. The molecule has 1 fully saturated rings. The fraction of sp³-hybridized carbons (Fsp3) is 0.750. The largest absolute Gasteiger partial charge is 0.329 e. The fourth-order valence-corrected chi connectivity index (χ4v) is 2.25. The Morgan fingerprint density at radius 1 is 1.56 bits per heavy atom. The Morgan fingerprint density at radius 3 is 3.00 bits per heavy atom. The van der Waals surface area contributed by atoms with Crippen molar-refractivity contribution in [1.29, 1.82) is 0 Å². The lowest BCUT2D eigenvalue weighted by Gasteiger charge is -2.16. The smallest absolute Gasteiger partial charge is 0.0951 e. The van der Waals surface area contributed by atoms with Crippen molar-refractivity contribution in [2.24, 2.45) is 0 Å². The van der Waals surface area contributed by atoms with Gasteiger partial charge in [0.1, 0.15) is 0 Å². The average molecular weight is 222 g/mol. The van der Waals surface area contributed by atoms with Gasteiger partial charge in [0, 0.05) is 31.4 Å². The number of likely N-dealkylation sites (tertiary alicyclic amines) is 1. The monoisotopic (exact) mass is 222 g/mol. The highest BCUT2D eigenvalue weighted by atomic mass is 15.2. The second-order valence-electron chi connectivity index (χ2n) is 5.03. The Balaban J connectivity index is 2.01. The van der Waals surface area contributed by atoms with Gasteiger partial charge in [0.2, 0.25) is 0 Å². The number of nitrogens with zero attached hydrogens (tertiary/aromatic N) is 3. The van der Waals surface area contributed by atoms with Gasteiger partial charge in [0.15, 0.2) is 0 Å². The third kappa shape index (κ3) is 2.62. The lowest BCUT2D eigenvalue weighted by molar-refractivity contribution is 0.388. The number of rotatable bonds is 4. The van der Waals surface area contributed by atoms with E-state index in [4.69, 9.17) is 0 Å². The summed E-state index contributed by atoms with van der Waals surface area (Å²) in [6, 6.07) is 1.13. The molecular weight excluding hydrogens is 200 g/mol. The molecule has 0 amide bonds. The summed E-state index contributed by atoms with van der Waals surface area (Å²) in [7, 11) is 2.18. The van der Waals surface area contributed by atoms with Gasteiger partial charge in [-0.3, -0.25) is 0 Å². The van der Waals surface area contributed by atoms with Crippen LogP contribution >= 0.6 is 0 Å². The lowest BCUT2D eigenvalue weighted by atomic mass is 10.2. The van der Waals surface area contributed by atoms with E-state index in [1.54, 1.807) is 0 Å². The van der Waals surface area contributed by atoms with Gasteiger partial charge >= 0.3 is 0 Å². The SMILES string of the molecule is CC(C)NCc1cncn1C1CCN(C)C1. The van der Waals surface area contributed by atoms with Crippen LogP contribution in [0.3, 0.4) is 0 Å². The summed E-state index contributed by atoms with van der Waals surface area (Å²) < 4.78 is 2.33. The van der Waals surface area contributed by atoms with Crippen LogP contribution in [-0.4, -0.2) is 40.6 Å². The van der Waals surface area contributed by atoms with Crippen molar-refractivity contribution < 1.29 is 0 Å². The van der Waals surface area contributed by atoms with Gasteiger partial charge in [0.05, 0.1) is 12.0 Å². The molecule has 1 aliphatic rings. The second kappa shape index (κ2) is 4.97. The van der Waals surface area contributed by atoms with Gasteiger partial charge < -0.3 is 14.8 Å². The van der Waals surface area contributed by atoms with Crippen LogP contribution in [0.4, 0.5) is 0 Å². The Hall–Kier alpha value is -0.870. The quantitative estimate of drug-likeness (QED) is 0.832. The minimum atomic E-state index is 0.523. The van der Waals surface area contributed by atoms with E-state index < -0.39 is 0 Å². The van der Waals surface area contributed by atoms with Crippen LogP contribution in [0.25, 0.3) is 0 Å². The van der Waals surface area contributed by atoms with Crippen molar-refractivity contribution in [1.82, 2.24) is 19.8 Å². The molecular formula is C12H22N4. The maximum Gasteiger partial charge on any atom is 0.0951 e. The summed E-state index contributed by atoms with van der Waals surface area (Å²) in [5.74, 6) is 0. The molecule has 1 aliphatic heterocycles. The molecule has 1 N–H and O–H groups in total. The van der Waals surface area contributed by atoms with Crippen molar-refractivity contribution in [2.45, 2.75) is 38.9 Å². The Kier molecular flexibility index (Phi) is 3.61. The van der Waals surface area contributed by atoms with Crippen molar-refractivity contribution in [2.75, 3.05) is 20.1 Å². The van der Waals surface area contributed by atoms with E-state index in [2.05, 4.69) is 40.7 Å². The van der Waals surface area contributed by atoms with Crippen LogP contribution in [0, 0.1) is 0 Å². The number of likely N-dealkylation sites (N-methyl/N-ethyl adjacent to an activating group) is 1. The molecule has 0 saturated carbocycles. The van der Waals surface area contributed by atoms with Crippen LogP contribution in [0.15, 0.2) is 12.5 Å². The average Bonchev–Trinajstić information content (AvgIpc) is 2.82. The molecule has 1 aromatic rings. The number of aromatic nitrogens is 2. The van der Waals surface area contributed by atoms with Gasteiger partial charge in [-0.15, -0.1) is 0 Å². The highest BCUT2D eigenvalue weighted by Crippen LogP contribution is 2.21. The van der Waals surface area contributed by atoms with Gasteiger partial charge in [-0.05, 0) is 20.0 Å². The van der Waals surface area contributed by atoms with E-state index in [1.807, 2.05) is 12.5 Å². The summed E-state index contributed by atoms with van der Waals surface area (Å²) in [6.07, 6.45) is 5.19. The molecule has 1 saturated heterocycles. The second-order valence-corrected chi connectivity index (χ2v) is 5.03. The molecule has 1 aromatic heterocycles. The van der Waals surface area contributed by atoms with Crippen molar-refractivity contribution in [3.05, 3.63) is 18.2 Å². The molecule has 1 unspecified atom stereocenters. The molecule has 2 rings (SSSR count). The van der Waals surface area contributed by atoms with Crippen LogP contribution in [0.5, 0.6) is 0 Å². The number of nitrogens with one attached hydrogen (secondary N) is 1. The third-order valence-electron chi connectivity index (χ3n) is 3.20. The zero-order valence-corrected chi connectivity index (χ0v) is 10.5. The number of imidazole rings is 1. The summed E-state index contributed by atoms with van der Waals surface area (Å²) >= 11 is 0. The molecule has 0 aliphatic carbocycles. The van der Waals surface area contributed by atoms with E-state index >= 15 is 0 Å². The highest BCUT2D eigenvalue weighted by Gasteiger charge is 2.22. The van der Waals surface area contributed by atoms with Crippen LogP contribution in [-0.2, 0) is 6.54 Å². The molecule has 4 heteroatoms. The van der Waals surface area contributed by atoms with Crippen LogP contribution in [0.1, 0.15) is 32.0 Å². The normalized spacial score (nSPS) is 22.1. The first kappa shape index (κ1) is 11.6. The molecule has 0 spiro atoms. The minimum Gasteiger partial charge on any atom is -0.329 e. The molecule has 2 heterocycles. The summed E-state index contributed by atoms with van der Waals surface area (Å²) in [5.41, 5.74) is 1.30. The van der Waals surface area contributed by atoms with Gasteiger partial charge in [-0.25, -0.2) is 4.98 Å². The molecule has 16 heavy (non-hydrogen) atoms. The van der Waals surface area contributed by atoms with E-state index in [-0.39, 0.29) is 0 Å². The first-order valence-corrected chi connectivity index (χ1v) is 6.09. The zero-order valence-electron chi connectivity index (χ0n) is 10.5. The summed E-state index contributed by atoms with van der Waals surface area (Å²) in [5, 5.41) is 3.45. The molecule has 0 aromatic carbocycles. The first-order valence-electron chi connectivity index (χ1n) is 6.09. The Morgan fingerprint density at radius 2 is 2.38 bits per heavy atom.